The lowest BCUT2D eigenvalue weighted by Crippen LogP contribution is -2.03. The van der Waals surface area contributed by atoms with Crippen LogP contribution >= 0.6 is 0 Å². The van der Waals surface area contributed by atoms with Crippen LogP contribution < -0.4 is 0 Å². The Balaban J connectivity index is 2.75. The Morgan fingerprint density at radius 3 is 2.11 bits per heavy atom. The van der Waals surface area contributed by atoms with Crippen molar-refractivity contribution in [1.29, 1.82) is 0 Å². The molecule has 0 aliphatic rings. The van der Waals surface area contributed by atoms with E-state index in [9.17, 15) is 22.4 Å². The molecule has 0 aliphatic carbocycles. The maximum Gasteiger partial charge on any atom is 0.356 e. The van der Waals surface area contributed by atoms with Crippen molar-refractivity contribution in [2.24, 2.45) is 7.05 Å². The molecule has 0 amide bonds. The fraction of sp³-hybridized carbons (Fsp3) is 0.0909. The average Bonchev–Trinajstić information content (AvgIpc) is 2.70. The van der Waals surface area contributed by atoms with Crippen molar-refractivity contribution in [3.8, 4) is 11.3 Å². The molecular weight excluding hydrogens is 268 g/mol. The van der Waals surface area contributed by atoms with Gasteiger partial charge in [0.2, 0.25) is 0 Å². The summed E-state index contributed by atoms with van der Waals surface area (Å²) < 4.78 is 54.1. The molecule has 1 aromatic carbocycles. The average molecular weight is 274 g/mol. The molecule has 0 aliphatic heterocycles. The van der Waals surface area contributed by atoms with Gasteiger partial charge in [0.15, 0.2) is 29.0 Å². The predicted octanol–water partition coefficient (Wildman–Crippen LogP) is 2.34. The Morgan fingerprint density at radius 2 is 1.68 bits per heavy atom. The van der Waals surface area contributed by atoms with Gasteiger partial charge in [-0.1, -0.05) is 0 Å². The minimum absolute atomic E-state index is 0.0721. The van der Waals surface area contributed by atoms with E-state index < -0.39 is 40.5 Å². The third-order valence-electron chi connectivity index (χ3n) is 2.47. The van der Waals surface area contributed by atoms with Crippen molar-refractivity contribution in [2.45, 2.75) is 0 Å². The fourth-order valence-electron chi connectivity index (χ4n) is 1.60. The highest BCUT2D eigenvalue weighted by Gasteiger charge is 2.24. The molecule has 0 bridgehead atoms. The molecule has 0 fully saturated rings. The lowest BCUT2D eigenvalue weighted by Gasteiger charge is -2.06. The van der Waals surface area contributed by atoms with E-state index in [4.69, 9.17) is 5.11 Å². The van der Waals surface area contributed by atoms with Gasteiger partial charge in [0.25, 0.3) is 0 Å². The minimum Gasteiger partial charge on any atom is -0.476 e. The highest BCUT2D eigenvalue weighted by molar-refractivity contribution is 5.87. The maximum atomic E-state index is 13.5. The number of carboxylic acid groups (broad SMARTS) is 1. The van der Waals surface area contributed by atoms with Crippen LogP contribution in [0.1, 0.15) is 10.5 Å². The third-order valence-corrected chi connectivity index (χ3v) is 2.47. The van der Waals surface area contributed by atoms with Crippen molar-refractivity contribution in [1.82, 2.24) is 9.78 Å². The zero-order chi connectivity index (χ0) is 14.3. The van der Waals surface area contributed by atoms with Gasteiger partial charge in [-0.15, -0.1) is 0 Å². The summed E-state index contributed by atoms with van der Waals surface area (Å²) in [6.07, 6.45) is 0. The first-order valence-corrected chi connectivity index (χ1v) is 4.93. The van der Waals surface area contributed by atoms with Crippen LogP contribution in [0.4, 0.5) is 17.6 Å². The van der Waals surface area contributed by atoms with Crippen molar-refractivity contribution in [2.75, 3.05) is 0 Å². The van der Waals surface area contributed by atoms with Crippen molar-refractivity contribution >= 4 is 5.97 Å². The molecule has 19 heavy (non-hydrogen) atoms. The molecule has 0 atom stereocenters. The lowest BCUT2D eigenvalue weighted by atomic mass is 10.1. The van der Waals surface area contributed by atoms with Crippen molar-refractivity contribution in [3.05, 3.63) is 41.1 Å². The van der Waals surface area contributed by atoms with Crippen LogP contribution in [0.5, 0.6) is 0 Å². The van der Waals surface area contributed by atoms with Gasteiger partial charge in [-0.3, -0.25) is 4.68 Å². The Bertz CT molecular complexity index is 656. The molecule has 4 nitrogen and oxygen atoms in total. The molecule has 1 N–H and O–H groups in total. The number of hydrogen-bond acceptors (Lipinski definition) is 2. The summed E-state index contributed by atoms with van der Waals surface area (Å²) in [5, 5.41) is 12.2. The molecule has 0 spiro atoms. The van der Waals surface area contributed by atoms with Crippen LogP contribution in [0.25, 0.3) is 11.3 Å². The molecule has 2 aromatic rings. The van der Waals surface area contributed by atoms with Gasteiger partial charge in [-0.25, -0.2) is 22.4 Å². The first-order valence-electron chi connectivity index (χ1n) is 4.93. The monoisotopic (exact) mass is 274 g/mol. The topological polar surface area (TPSA) is 55.1 Å². The molecule has 0 unspecified atom stereocenters. The maximum absolute atomic E-state index is 13.5. The number of hydrogen-bond donors (Lipinski definition) is 1. The minimum atomic E-state index is -1.61. The molecule has 1 aromatic heterocycles. The quantitative estimate of drug-likeness (QED) is 0.675. The number of halogens is 4. The fourth-order valence-corrected chi connectivity index (χ4v) is 1.60. The van der Waals surface area contributed by atoms with Crippen LogP contribution in [-0.2, 0) is 7.05 Å². The van der Waals surface area contributed by atoms with E-state index in [1.165, 1.54) is 7.05 Å². The largest absolute Gasteiger partial charge is 0.476 e. The van der Waals surface area contributed by atoms with E-state index in [0.29, 0.717) is 0 Å². The number of aromatic nitrogens is 2. The standard InChI is InChI=1S/C11H6F4N2O2/c1-17-7(3-6(16-17)11(18)19)8-9(14)4(12)2-5(13)10(8)15/h2-3H,1H3,(H,18,19). The molecule has 0 saturated heterocycles. The predicted molar refractivity (Wildman–Crippen MR) is 55.4 cm³/mol. The Labute approximate surface area is 103 Å². The van der Waals surface area contributed by atoms with Gasteiger partial charge in [-0.05, 0) is 6.07 Å². The van der Waals surface area contributed by atoms with Crippen molar-refractivity contribution < 1.29 is 27.5 Å². The lowest BCUT2D eigenvalue weighted by molar-refractivity contribution is 0.0689. The van der Waals surface area contributed by atoms with Crippen LogP contribution in [0.15, 0.2) is 12.1 Å². The van der Waals surface area contributed by atoms with Crippen molar-refractivity contribution in [3.63, 3.8) is 0 Å². The van der Waals surface area contributed by atoms with E-state index in [1.807, 2.05) is 0 Å². The summed E-state index contributed by atoms with van der Waals surface area (Å²) in [5.41, 5.74) is -1.88. The number of carboxylic acids is 1. The van der Waals surface area contributed by atoms with Gasteiger partial charge >= 0.3 is 5.97 Å². The van der Waals surface area contributed by atoms with E-state index in [1.54, 1.807) is 0 Å². The van der Waals surface area contributed by atoms with Gasteiger partial charge in [0.05, 0.1) is 11.3 Å². The number of rotatable bonds is 2. The number of aryl methyl sites for hydroxylation is 1. The van der Waals surface area contributed by atoms with Crippen LogP contribution in [0, 0.1) is 23.3 Å². The van der Waals surface area contributed by atoms with E-state index >= 15 is 0 Å². The summed E-state index contributed by atoms with van der Waals surface area (Å²) in [4.78, 5) is 10.7. The molecular formula is C11H6F4N2O2. The molecule has 1 heterocycles. The Kier molecular flexibility index (Phi) is 3.01. The first-order chi connectivity index (χ1) is 8.82. The molecule has 100 valence electrons. The first kappa shape index (κ1) is 13.1. The van der Waals surface area contributed by atoms with E-state index in [-0.39, 0.29) is 11.8 Å². The van der Waals surface area contributed by atoms with Gasteiger partial charge in [0, 0.05) is 13.1 Å². The third kappa shape index (κ3) is 2.05. The number of carbonyl (C=O) groups is 1. The molecule has 0 saturated carbocycles. The van der Waals surface area contributed by atoms with E-state index in [0.717, 1.165) is 10.7 Å². The number of benzene rings is 1. The smallest absolute Gasteiger partial charge is 0.356 e. The summed E-state index contributed by atoms with van der Waals surface area (Å²) >= 11 is 0. The second-order valence-electron chi connectivity index (χ2n) is 3.69. The van der Waals surface area contributed by atoms with Gasteiger partial charge < -0.3 is 5.11 Å². The summed E-state index contributed by atoms with van der Waals surface area (Å²) in [6.45, 7) is 0. The number of aromatic carboxylic acids is 1. The molecule has 8 heteroatoms. The Hall–Kier alpha value is -2.38. The number of nitrogens with zero attached hydrogens (tertiary/aromatic N) is 2. The Morgan fingerprint density at radius 1 is 1.16 bits per heavy atom. The summed E-state index contributed by atoms with van der Waals surface area (Å²) in [5.74, 6) is -7.81. The zero-order valence-corrected chi connectivity index (χ0v) is 9.42. The highest BCUT2D eigenvalue weighted by Crippen LogP contribution is 2.29. The SMILES string of the molecule is Cn1nc(C(=O)O)cc1-c1c(F)c(F)cc(F)c1F. The second-order valence-corrected chi connectivity index (χ2v) is 3.69. The van der Waals surface area contributed by atoms with Crippen LogP contribution in [0.2, 0.25) is 0 Å². The van der Waals surface area contributed by atoms with Gasteiger partial charge in [0.1, 0.15) is 0 Å². The molecule has 2 rings (SSSR count). The summed E-state index contributed by atoms with van der Waals surface area (Å²) in [7, 11) is 1.20. The second kappa shape index (κ2) is 4.38. The van der Waals surface area contributed by atoms with E-state index in [2.05, 4.69) is 5.10 Å². The normalized spacial score (nSPS) is 10.8. The summed E-state index contributed by atoms with van der Waals surface area (Å²) in [6, 6.07) is 0.894. The zero-order valence-electron chi connectivity index (χ0n) is 9.42. The van der Waals surface area contributed by atoms with Crippen LogP contribution in [-0.4, -0.2) is 20.9 Å². The van der Waals surface area contributed by atoms with Crippen LogP contribution in [0.3, 0.4) is 0 Å². The molecule has 0 radical (unpaired) electrons. The van der Waals surface area contributed by atoms with Gasteiger partial charge in [-0.2, -0.15) is 5.10 Å². The highest BCUT2D eigenvalue weighted by atomic mass is 19.2.